The quantitative estimate of drug-likeness (QED) is 0.238. The number of carboxylic acid groups (broad SMARTS) is 1. The molecule has 0 amide bonds. The summed E-state index contributed by atoms with van der Waals surface area (Å²) < 4.78 is 3.36. The second-order valence-corrected chi connectivity index (χ2v) is 8.65. The van der Waals surface area contributed by atoms with E-state index in [-0.39, 0.29) is 11.3 Å². The van der Waals surface area contributed by atoms with Crippen molar-refractivity contribution in [2.45, 2.75) is 71.4 Å². The highest BCUT2D eigenvalue weighted by Gasteiger charge is 2.14. The number of carbonyl (C=O) groups is 1. The van der Waals surface area contributed by atoms with Crippen molar-refractivity contribution >= 4 is 5.97 Å². The Morgan fingerprint density at radius 2 is 1.74 bits per heavy atom. The summed E-state index contributed by atoms with van der Waals surface area (Å²) >= 11 is 0. The Balaban J connectivity index is 1.76. The Morgan fingerprint density at radius 1 is 1.03 bits per heavy atom. The molecule has 0 radical (unpaired) electrons. The van der Waals surface area contributed by atoms with Crippen LogP contribution in [0.25, 0.3) is 11.1 Å². The minimum Gasteiger partial charge on any atom is -0.478 e. The van der Waals surface area contributed by atoms with E-state index in [0.29, 0.717) is 25.1 Å². The van der Waals surface area contributed by atoms with Crippen LogP contribution >= 0.6 is 0 Å². The number of carboxylic acids is 1. The number of aryl methyl sites for hydroxylation is 2. The molecule has 6 nitrogen and oxygen atoms in total. The van der Waals surface area contributed by atoms with Crippen LogP contribution in [0.3, 0.4) is 0 Å². The standard InChI is InChI=1S/C28H35N3O3/c1-3-5-7-8-9-12-20-31-28(34)30(26(29-31)15-6-4-2)21-22-16-18-23(19-17-22)24-13-10-11-14-25(24)27(32)33/h4,10-11,13-14,16-19H,2-3,5-9,12,15,20-21H2,1H3,(H,32,33). The third-order valence-electron chi connectivity index (χ3n) is 6.06. The van der Waals surface area contributed by atoms with Gasteiger partial charge in [0.15, 0.2) is 0 Å². The zero-order chi connectivity index (χ0) is 24.3. The van der Waals surface area contributed by atoms with Gasteiger partial charge in [-0.3, -0.25) is 4.57 Å². The third-order valence-corrected chi connectivity index (χ3v) is 6.06. The summed E-state index contributed by atoms with van der Waals surface area (Å²) in [6.45, 7) is 7.08. The molecule has 0 atom stereocenters. The lowest BCUT2D eigenvalue weighted by Gasteiger charge is -2.09. The maximum absolute atomic E-state index is 13.1. The van der Waals surface area contributed by atoms with Gasteiger partial charge < -0.3 is 5.11 Å². The second kappa shape index (κ2) is 12.7. The Labute approximate surface area is 201 Å². The van der Waals surface area contributed by atoms with E-state index in [1.165, 1.54) is 25.7 Å². The van der Waals surface area contributed by atoms with Gasteiger partial charge in [-0.2, -0.15) is 5.10 Å². The van der Waals surface area contributed by atoms with E-state index >= 15 is 0 Å². The summed E-state index contributed by atoms with van der Waals surface area (Å²) in [4.78, 5) is 24.7. The van der Waals surface area contributed by atoms with Crippen LogP contribution in [0.4, 0.5) is 0 Å². The van der Waals surface area contributed by atoms with Crippen LogP contribution in [0.15, 0.2) is 66.0 Å². The number of hydrogen-bond acceptors (Lipinski definition) is 3. The van der Waals surface area contributed by atoms with Gasteiger partial charge in [0.2, 0.25) is 0 Å². The van der Waals surface area contributed by atoms with E-state index in [2.05, 4.69) is 18.6 Å². The molecule has 3 aromatic rings. The Kier molecular flexibility index (Phi) is 9.44. The van der Waals surface area contributed by atoms with Crippen molar-refractivity contribution in [2.24, 2.45) is 0 Å². The van der Waals surface area contributed by atoms with Crippen molar-refractivity contribution < 1.29 is 9.90 Å². The summed E-state index contributed by atoms with van der Waals surface area (Å²) in [6.07, 6.45) is 10.3. The summed E-state index contributed by atoms with van der Waals surface area (Å²) in [7, 11) is 0. The molecule has 0 aliphatic rings. The van der Waals surface area contributed by atoms with Gasteiger partial charge in [-0.15, -0.1) is 6.58 Å². The highest BCUT2D eigenvalue weighted by Crippen LogP contribution is 2.24. The molecule has 0 aliphatic carbocycles. The number of benzene rings is 2. The number of allylic oxidation sites excluding steroid dienone is 1. The van der Waals surface area contributed by atoms with Crippen molar-refractivity contribution in [1.82, 2.24) is 14.3 Å². The first kappa shape index (κ1) is 25.2. The monoisotopic (exact) mass is 461 g/mol. The Bertz CT molecular complexity index is 1140. The first-order chi connectivity index (χ1) is 16.5. The van der Waals surface area contributed by atoms with Gasteiger partial charge in [0.1, 0.15) is 5.82 Å². The number of aromatic nitrogens is 3. The number of aromatic carboxylic acids is 1. The number of nitrogens with zero attached hydrogens (tertiary/aromatic N) is 3. The third kappa shape index (κ3) is 6.56. The average Bonchev–Trinajstić information content (AvgIpc) is 3.14. The lowest BCUT2D eigenvalue weighted by atomic mass is 9.99. The summed E-state index contributed by atoms with van der Waals surface area (Å²) in [5.74, 6) is -0.174. The molecule has 6 heteroatoms. The summed E-state index contributed by atoms with van der Waals surface area (Å²) in [5, 5.41) is 14.1. The molecule has 1 aromatic heterocycles. The Morgan fingerprint density at radius 3 is 2.44 bits per heavy atom. The fourth-order valence-corrected chi connectivity index (χ4v) is 4.14. The largest absolute Gasteiger partial charge is 0.478 e. The SMILES string of the molecule is C=CCCc1nn(CCCCCCCC)c(=O)n1Cc1ccc(-c2ccccc2C(=O)O)cc1. The van der Waals surface area contributed by atoms with Crippen LogP contribution in [0, 0.1) is 0 Å². The zero-order valence-corrected chi connectivity index (χ0v) is 20.1. The van der Waals surface area contributed by atoms with Crippen LogP contribution in [0.5, 0.6) is 0 Å². The van der Waals surface area contributed by atoms with Gasteiger partial charge in [-0.1, -0.05) is 87.6 Å². The topological polar surface area (TPSA) is 77.1 Å². The molecule has 0 fully saturated rings. The van der Waals surface area contributed by atoms with Gasteiger partial charge in [0.05, 0.1) is 12.1 Å². The van der Waals surface area contributed by atoms with Crippen molar-refractivity contribution in [3.63, 3.8) is 0 Å². The minimum absolute atomic E-state index is 0.0760. The molecule has 0 spiro atoms. The normalized spacial score (nSPS) is 11.0. The average molecular weight is 462 g/mol. The molecule has 0 saturated carbocycles. The van der Waals surface area contributed by atoms with E-state index < -0.39 is 5.97 Å². The highest BCUT2D eigenvalue weighted by atomic mass is 16.4. The molecule has 2 aromatic carbocycles. The predicted octanol–water partition coefficient (Wildman–Crippen LogP) is 5.94. The lowest BCUT2D eigenvalue weighted by molar-refractivity contribution is 0.0697. The first-order valence-electron chi connectivity index (χ1n) is 12.2. The van der Waals surface area contributed by atoms with E-state index in [1.54, 1.807) is 21.4 Å². The van der Waals surface area contributed by atoms with Crippen molar-refractivity contribution in [3.05, 3.63) is 88.6 Å². The van der Waals surface area contributed by atoms with Gasteiger partial charge in [0, 0.05) is 13.0 Å². The molecule has 0 bridgehead atoms. The number of unbranched alkanes of at least 4 members (excludes halogenated alkanes) is 5. The van der Waals surface area contributed by atoms with Gasteiger partial charge in [-0.05, 0) is 35.6 Å². The molecule has 1 heterocycles. The summed E-state index contributed by atoms with van der Waals surface area (Å²) in [6, 6.07) is 14.7. The molecule has 0 saturated heterocycles. The van der Waals surface area contributed by atoms with E-state index in [9.17, 15) is 14.7 Å². The summed E-state index contributed by atoms with van der Waals surface area (Å²) in [5.41, 5.74) is 2.68. The maximum atomic E-state index is 13.1. The molecular formula is C28H35N3O3. The molecular weight excluding hydrogens is 426 g/mol. The molecule has 180 valence electrons. The highest BCUT2D eigenvalue weighted by molar-refractivity contribution is 5.95. The van der Waals surface area contributed by atoms with Gasteiger partial charge in [-0.25, -0.2) is 14.3 Å². The van der Waals surface area contributed by atoms with E-state index in [0.717, 1.165) is 36.2 Å². The molecule has 0 unspecified atom stereocenters. The zero-order valence-electron chi connectivity index (χ0n) is 20.1. The predicted molar refractivity (Wildman–Crippen MR) is 136 cm³/mol. The maximum Gasteiger partial charge on any atom is 0.346 e. The fourth-order valence-electron chi connectivity index (χ4n) is 4.14. The van der Waals surface area contributed by atoms with Crippen molar-refractivity contribution in [3.8, 4) is 11.1 Å². The van der Waals surface area contributed by atoms with Crippen LogP contribution in [0.1, 0.15) is 73.6 Å². The van der Waals surface area contributed by atoms with Crippen LogP contribution in [-0.2, 0) is 19.5 Å². The molecule has 3 rings (SSSR count). The fraction of sp³-hybridized carbons (Fsp3) is 0.393. The smallest absolute Gasteiger partial charge is 0.346 e. The Hall–Kier alpha value is -3.41. The number of rotatable bonds is 14. The van der Waals surface area contributed by atoms with Crippen molar-refractivity contribution in [2.75, 3.05) is 0 Å². The van der Waals surface area contributed by atoms with Crippen molar-refractivity contribution in [1.29, 1.82) is 0 Å². The lowest BCUT2D eigenvalue weighted by Crippen LogP contribution is -2.26. The van der Waals surface area contributed by atoms with Gasteiger partial charge >= 0.3 is 11.7 Å². The van der Waals surface area contributed by atoms with Gasteiger partial charge in [0.25, 0.3) is 0 Å². The van der Waals surface area contributed by atoms with Crippen LogP contribution in [-0.4, -0.2) is 25.4 Å². The number of hydrogen-bond donors (Lipinski definition) is 1. The molecule has 0 aliphatic heterocycles. The minimum atomic E-state index is -0.948. The van der Waals surface area contributed by atoms with E-state index in [4.69, 9.17) is 0 Å². The molecule has 34 heavy (non-hydrogen) atoms. The first-order valence-corrected chi connectivity index (χ1v) is 12.2. The second-order valence-electron chi connectivity index (χ2n) is 8.65. The van der Waals surface area contributed by atoms with Crippen LogP contribution in [0.2, 0.25) is 0 Å². The van der Waals surface area contributed by atoms with E-state index in [1.807, 2.05) is 42.5 Å². The van der Waals surface area contributed by atoms with Crippen LogP contribution < -0.4 is 5.69 Å². The molecule has 1 N–H and O–H groups in total.